The maximum Gasteiger partial charge on any atom is 0.239 e. The average Bonchev–Trinajstić information content (AvgIpc) is 3.05. The second-order valence-corrected chi connectivity index (χ2v) is 6.37. The number of hydrogen-bond donors (Lipinski definition) is 3. The predicted octanol–water partition coefficient (Wildman–Crippen LogP) is 0.168. The van der Waals surface area contributed by atoms with Gasteiger partial charge in [0.25, 0.3) is 0 Å². The quantitative estimate of drug-likeness (QED) is 0.434. The number of nitrogens with one attached hydrogen (secondary N) is 1. The maximum absolute atomic E-state index is 11.7. The summed E-state index contributed by atoms with van der Waals surface area (Å²) in [7, 11) is 0. The minimum atomic E-state index is -0.850. The highest BCUT2D eigenvalue weighted by atomic mass is 16.5. The Bertz CT molecular complexity index is 576. The van der Waals surface area contributed by atoms with Crippen molar-refractivity contribution < 1.29 is 19.4 Å². The molecule has 138 valence electrons. The van der Waals surface area contributed by atoms with Gasteiger partial charge >= 0.3 is 0 Å². The van der Waals surface area contributed by atoms with Crippen molar-refractivity contribution in [2.24, 2.45) is 5.73 Å². The Morgan fingerprint density at radius 3 is 2.76 bits per heavy atom. The second kappa shape index (κ2) is 9.50. The van der Waals surface area contributed by atoms with Crippen LogP contribution in [0.5, 0.6) is 5.75 Å². The number of carbonyl (C=O) groups is 2. The number of carbonyl (C=O) groups excluding carboxylic acids is 2. The van der Waals surface area contributed by atoms with Crippen molar-refractivity contribution in [1.29, 1.82) is 0 Å². The van der Waals surface area contributed by atoms with Crippen LogP contribution < -0.4 is 15.8 Å². The molecule has 1 aliphatic heterocycles. The van der Waals surface area contributed by atoms with Gasteiger partial charge in [0, 0.05) is 31.2 Å². The Labute approximate surface area is 148 Å². The molecule has 0 radical (unpaired) electrons. The summed E-state index contributed by atoms with van der Waals surface area (Å²) in [5, 5.41) is 11.7. The summed E-state index contributed by atoms with van der Waals surface area (Å²) in [6.45, 7) is 4.40. The Balaban J connectivity index is 1.62. The molecule has 2 rings (SSSR count). The fraction of sp³-hybridized carbons (Fsp3) is 0.556. The standard InChI is InChI=1S/C18H27N3O4/c1-13(23)14-3-5-16(6-4-14)25-10-2-8-21-9-7-15(11-21)20-18(24)17(19)12-22/h3-6,15,17,22H,2,7-12,19H2,1H3,(H,20,24)/t15-,17-/m0/s1. The summed E-state index contributed by atoms with van der Waals surface area (Å²) in [5.74, 6) is 0.503. The van der Waals surface area contributed by atoms with Gasteiger partial charge in [0.15, 0.2) is 5.78 Å². The maximum atomic E-state index is 11.7. The molecule has 1 fully saturated rings. The summed E-state index contributed by atoms with van der Waals surface area (Å²) in [5.41, 5.74) is 6.18. The van der Waals surface area contributed by atoms with E-state index in [2.05, 4.69) is 10.2 Å². The molecule has 2 atom stereocenters. The highest BCUT2D eigenvalue weighted by Gasteiger charge is 2.25. The van der Waals surface area contributed by atoms with Gasteiger partial charge in [0.1, 0.15) is 11.8 Å². The number of nitrogens with two attached hydrogens (primary N) is 1. The topological polar surface area (TPSA) is 105 Å². The Morgan fingerprint density at radius 1 is 1.40 bits per heavy atom. The zero-order chi connectivity index (χ0) is 18.2. The highest BCUT2D eigenvalue weighted by Crippen LogP contribution is 2.14. The van der Waals surface area contributed by atoms with E-state index in [1.165, 1.54) is 0 Å². The third-order valence-corrected chi connectivity index (χ3v) is 4.30. The molecule has 1 saturated heterocycles. The lowest BCUT2D eigenvalue weighted by molar-refractivity contribution is -0.123. The molecule has 1 heterocycles. The fourth-order valence-electron chi connectivity index (χ4n) is 2.81. The number of aliphatic hydroxyl groups excluding tert-OH is 1. The van der Waals surface area contributed by atoms with Crippen molar-refractivity contribution in [3.63, 3.8) is 0 Å². The highest BCUT2D eigenvalue weighted by molar-refractivity contribution is 5.94. The monoisotopic (exact) mass is 349 g/mol. The first-order valence-corrected chi connectivity index (χ1v) is 8.62. The minimum absolute atomic E-state index is 0.0437. The van der Waals surface area contributed by atoms with Crippen LogP contribution in [-0.2, 0) is 4.79 Å². The molecule has 0 aromatic heterocycles. The largest absolute Gasteiger partial charge is 0.494 e. The molecule has 1 amide bonds. The molecule has 1 aliphatic rings. The van der Waals surface area contributed by atoms with E-state index in [9.17, 15) is 9.59 Å². The van der Waals surface area contributed by atoms with Gasteiger partial charge in [0.05, 0.1) is 13.2 Å². The number of likely N-dealkylation sites (tertiary alicyclic amines) is 1. The van der Waals surface area contributed by atoms with E-state index in [0.29, 0.717) is 12.2 Å². The molecule has 0 aliphatic carbocycles. The molecule has 7 heteroatoms. The third kappa shape index (κ3) is 6.12. The summed E-state index contributed by atoms with van der Waals surface area (Å²) in [4.78, 5) is 25.2. The number of ketones is 1. The van der Waals surface area contributed by atoms with Gasteiger partial charge in [0.2, 0.25) is 5.91 Å². The van der Waals surface area contributed by atoms with E-state index >= 15 is 0 Å². The van der Waals surface area contributed by atoms with Crippen molar-refractivity contribution in [3.05, 3.63) is 29.8 Å². The van der Waals surface area contributed by atoms with E-state index in [1.807, 2.05) is 12.1 Å². The van der Waals surface area contributed by atoms with Crippen LogP contribution in [0, 0.1) is 0 Å². The van der Waals surface area contributed by atoms with Gasteiger partial charge < -0.3 is 25.8 Å². The first-order chi connectivity index (χ1) is 12.0. The Morgan fingerprint density at radius 2 is 2.12 bits per heavy atom. The summed E-state index contributed by atoms with van der Waals surface area (Å²) >= 11 is 0. The average molecular weight is 349 g/mol. The molecular formula is C18H27N3O4. The van der Waals surface area contributed by atoms with Crippen molar-refractivity contribution in [2.45, 2.75) is 31.8 Å². The van der Waals surface area contributed by atoms with Crippen LogP contribution in [-0.4, -0.2) is 66.6 Å². The predicted molar refractivity (Wildman–Crippen MR) is 94.6 cm³/mol. The lowest BCUT2D eigenvalue weighted by Crippen LogP contribution is -2.47. The van der Waals surface area contributed by atoms with Crippen molar-refractivity contribution in [3.8, 4) is 5.75 Å². The summed E-state index contributed by atoms with van der Waals surface area (Å²) in [6, 6.07) is 6.39. The summed E-state index contributed by atoms with van der Waals surface area (Å²) in [6.07, 6.45) is 1.77. The lowest BCUT2D eigenvalue weighted by Gasteiger charge is -2.18. The molecular weight excluding hydrogens is 322 g/mol. The Kier molecular flexibility index (Phi) is 7.36. The van der Waals surface area contributed by atoms with Crippen LogP contribution >= 0.6 is 0 Å². The van der Waals surface area contributed by atoms with Gasteiger partial charge in [-0.2, -0.15) is 0 Å². The first kappa shape index (κ1) is 19.4. The molecule has 0 bridgehead atoms. The number of rotatable bonds is 9. The lowest BCUT2D eigenvalue weighted by atomic mass is 10.1. The van der Waals surface area contributed by atoms with Gasteiger partial charge in [-0.3, -0.25) is 9.59 Å². The first-order valence-electron chi connectivity index (χ1n) is 8.62. The van der Waals surface area contributed by atoms with Gasteiger partial charge in [-0.1, -0.05) is 0 Å². The Hall–Kier alpha value is -1.96. The van der Waals surface area contributed by atoms with E-state index < -0.39 is 6.04 Å². The van der Waals surface area contributed by atoms with E-state index in [-0.39, 0.29) is 24.3 Å². The molecule has 0 unspecified atom stereocenters. The van der Waals surface area contributed by atoms with Crippen LogP contribution in [0.3, 0.4) is 0 Å². The number of nitrogens with zero attached hydrogens (tertiary/aromatic N) is 1. The van der Waals surface area contributed by atoms with Crippen LogP contribution in [0.15, 0.2) is 24.3 Å². The minimum Gasteiger partial charge on any atom is -0.494 e. The molecule has 1 aromatic rings. The van der Waals surface area contributed by atoms with E-state index in [4.69, 9.17) is 15.6 Å². The van der Waals surface area contributed by atoms with Crippen LogP contribution in [0.1, 0.15) is 30.1 Å². The number of aliphatic hydroxyl groups is 1. The molecule has 25 heavy (non-hydrogen) atoms. The zero-order valence-electron chi connectivity index (χ0n) is 14.6. The molecule has 1 aromatic carbocycles. The molecule has 7 nitrogen and oxygen atoms in total. The number of hydrogen-bond acceptors (Lipinski definition) is 6. The van der Waals surface area contributed by atoms with E-state index in [1.54, 1.807) is 19.1 Å². The SMILES string of the molecule is CC(=O)c1ccc(OCCCN2CC[C@H](NC(=O)[C@@H](N)CO)C2)cc1. The van der Waals surface area contributed by atoms with Crippen LogP contribution in [0.2, 0.25) is 0 Å². The zero-order valence-corrected chi connectivity index (χ0v) is 14.6. The fourth-order valence-corrected chi connectivity index (χ4v) is 2.81. The third-order valence-electron chi connectivity index (χ3n) is 4.30. The van der Waals surface area contributed by atoms with Gasteiger partial charge in [-0.25, -0.2) is 0 Å². The van der Waals surface area contributed by atoms with Crippen molar-refractivity contribution >= 4 is 11.7 Å². The number of Topliss-reactive ketones (excluding diaryl/α,β-unsaturated/α-hetero) is 1. The van der Waals surface area contributed by atoms with Crippen molar-refractivity contribution in [1.82, 2.24) is 10.2 Å². The smallest absolute Gasteiger partial charge is 0.239 e. The summed E-state index contributed by atoms with van der Waals surface area (Å²) < 4.78 is 5.69. The molecule has 4 N–H and O–H groups in total. The number of benzene rings is 1. The van der Waals surface area contributed by atoms with Gasteiger partial charge in [-0.05, 0) is 44.0 Å². The second-order valence-electron chi connectivity index (χ2n) is 6.37. The number of amides is 1. The van der Waals surface area contributed by atoms with Crippen molar-refractivity contribution in [2.75, 3.05) is 32.8 Å². The van der Waals surface area contributed by atoms with Crippen LogP contribution in [0.4, 0.5) is 0 Å². The number of ether oxygens (including phenoxy) is 1. The van der Waals surface area contributed by atoms with Crippen LogP contribution in [0.25, 0.3) is 0 Å². The van der Waals surface area contributed by atoms with Gasteiger partial charge in [-0.15, -0.1) is 0 Å². The molecule has 0 saturated carbocycles. The van der Waals surface area contributed by atoms with E-state index in [0.717, 1.165) is 38.2 Å². The normalized spacial score (nSPS) is 18.8. The molecule has 0 spiro atoms.